The van der Waals surface area contributed by atoms with E-state index in [4.69, 9.17) is 4.74 Å². The van der Waals surface area contributed by atoms with Gasteiger partial charge in [-0.1, -0.05) is 32.5 Å². The molecule has 2 aliphatic rings. The number of carbonyl (C=O) groups is 3. The molecule has 0 spiro atoms. The molecule has 2 N–H and O–H groups in total. The standard InChI is InChI=1S/C23H31BrN4O4S/c1-23(2,3)13-19(29)26-18-5-4-16(12-17(18)24)20(30)27-22-28(10-11-33-22)14-32-21(31)15-6-8-25-9-7-15/h4-5,12,15,25H,6-11,13-14H2,1-3H3,(H,26,29). The molecular formula is C23H31BrN4O4S. The van der Waals surface area contributed by atoms with Crippen LogP contribution < -0.4 is 10.6 Å². The highest BCUT2D eigenvalue weighted by Gasteiger charge is 2.26. The second kappa shape index (κ2) is 11.5. The van der Waals surface area contributed by atoms with E-state index in [-0.39, 0.29) is 35.8 Å². The zero-order valence-electron chi connectivity index (χ0n) is 19.3. The van der Waals surface area contributed by atoms with Crippen LogP contribution in [0.1, 0.15) is 50.4 Å². The van der Waals surface area contributed by atoms with Gasteiger partial charge in [0.05, 0.1) is 11.6 Å². The highest BCUT2D eigenvalue weighted by atomic mass is 79.9. The summed E-state index contributed by atoms with van der Waals surface area (Å²) in [6, 6.07) is 4.99. The average molecular weight is 539 g/mol. The summed E-state index contributed by atoms with van der Waals surface area (Å²) in [5, 5.41) is 6.66. The summed E-state index contributed by atoms with van der Waals surface area (Å²) in [5.41, 5.74) is 0.896. The van der Waals surface area contributed by atoms with Crippen LogP contribution in [-0.2, 0) is 14.3 Å². The van der Waals surface area contributed by atoms with Gasteiger partial charge in [0.1, 0.15) is 0 Å². The Labute approximate surface area is 207 Å². The molecule has 0 saturated carbocycles. The van der Waals surface area contributed by atoms with Crippen molar-refractivity contribution in [3.05, 3.63) is 28.2 Å². The van der Waals surface area contributed by atoms with E-state index in [9.17, 15) is 14.4 Å². The molecular weight excluding hydrogens is 508 g/mol. The predicted octanol–water partition coefficient (Wildman–Crippen LogP) is 3.87. The number of hydrogen-bond donors (Lipinski definition) is 2. The monoisotopic (exact) mass is 538 g/mol. The first-order valence-corrected chi connectivity index (χ1v) is 12.9. The van der Waals surface area contributed by atoms with E-state index < -0.39 is 0 Å². The van der Waals surface area contributed by atoms with Crippen molar-refractivity contribution in [2.45, 2.75) is 40.0 Å². The molecule has 2 heterocycles. The van der Waals surface area contributed by atoms with E-state index in [0.29, 0.717) is 33.9 Å². The number of esters is 1. The first-order chi connectivity index (χ1) is 15.6. The highest BCUT2D eigenvalue weighted by molar-refractivity contribution is 9.10. The zero-order chi connectivity index (χ0) is 24.0. The van der Waals surface area contributed by atoms with Crippen molar-refractivity contribution in [2.75, 3.05) is 37.4 Å². The average Bonchev–Trinajstić information content (AvgIpc) is 3.19. The molecule has 33 heavy (non-hydrogen) atoms. The van der Waals surface area contributed by atoms with Crippen LogP contribution in [0.4, 0.5) is 5.69 Å². The molecule has 180 valence electrons. The predicted molar refractivity (Wildman–Crippen MR) is 134 cm³/mol. The van der Waals surface area contributed by atoms with Gasteiger partial charge in [-0.25, -0.2) is 0 Å². The molecule has 8 nitrogen and oxygen atoms in total. The van der Waals surface area contributed by atoms with Crippen molar-refractivity contribution in [2.24, 2.45) is 16.3 Å². The van der Waals surface area contributed by atoms with E-state index >= 15 is 0 Å². The number of halogens is 1. The lowest BCUT2D eigenvalue weighted by molar-refractivity contribution is -0.152. The Morgan fingerprint density at radius 3 is 2.67 bits per heavy atom. The summed E-state index contributed by atoms with van der Waals surface area (Å²) >= 11 is 4.90. The molecule has 0 radical (unpaired) electrons. The molecule has 2 aliphatic heterocycles. The van der Waals surface area contributed by atoms with Crippen molar-refractivity contribution in [1.29, 1.82) is 0 Å². The second-order valence-electron chi connectivity index (χ2n) is 9.41. The minimum absolute atomic E-state index is 0.0664. The van der Waals surface area contributed by atoms with Crippen LogP contribution in [0.5, 0.6) is 0 Å². The van der Waals surface area contributed by atoms with Crippen LogP contribution in [-0.4, -0.2) is 60.0 Å². The molecule has 2 fully saturated rings. The summed E-state index contributed by atoms with van der Waals surface area (Å²) in [6.07, 6.45) is 1.96. The Kier molecular flexibility index (Phi) is 8.95. The van der Waals surface area contributed by atoms with Crippen molar-refractivity contribution in [1.82, 2.24) is 10.2 Å². The summed E-state index contributed by atoms with van der Waals surface area (Å²) in [5.74, 6) is 0.0525. The fourth-order valence-electron chi connectivity index (χ4n) is 3.55. The van der Waals surface area contributed by atoms with Gasteiger partial charge in [0.2, 0.25) is 5.91 Å². The van der Waals surface area contributed by atoms with Gasteiger partial charge in [-0.05, 0) is 65.5 Å². The largest absolute Gasteiger partial charge is 0.444 e. The summed E-state index contributed by atoms with van der Waals surface area (Å²) in [4.78, 5) is 43.3. The van der Waals surface area contributed by atoms with E-state index in [1.165, 1.54) is 11.8 Å². The number of rotatable bonds is 6. The van der Waals surface area contributed by atoms with E-state index in [0.717, 1.165) is 31.7 Å². The fraction of sp³-hybridized carbons (Fsp3) is 0.565. The number of piperidine rings is 1. The van der Waals surface area contributed by atoms with Gasteiger partial charge in [0.25, 0.3) is 5.91 Å². The van der Waals surface area contributed by atoms with Crippen LogP contribution in [0, 0.1) is 11.3 Å². The van der Waals surface area contributed by atoms with E-state index in [1.807, 2.05) is 25.7 Å². The lowest BCUT2D eigenvalue weighted by Gasteiger charge is -2.23. The number of aliphatic imine (C=N–C) groups is 1. The lowest BCUT2D eigenvalue weighted by atomic mass is 9.92. The highest BCUT2D eigenvalue weighted by Crippen LogP contribution is 2.27. The fourth-order valence-corrected chi connectivity index (χ4v) is 5.00. The van der Waals surface area contributed by atoms with Crippen LogP contribution in [0.2, 0.25) is 0 Å². The third-order valence-electron chi connectivity index (χ3n) is 5.28. The first-order valence-electron chi connectivity index (χ1n) is 11.1. The second-order valence-corrected chi connectivity index (χ2v) is 11.3. The van der Waals surface area contributed by atoms with Gasteiger partial charge in [0, 0.05) is 28.8 Å². The third-order valence-corrected chi connectivity index (χ3v) is 6.93. The molecule has 0 atom stereocenters. The van der Waals surface area contributed by atoms with Gasteiger partial charge < -0.3 is 20.3 Å². The molecule has 2 amide bonds. The molecule has 3 rings (SSSR count). The Balaban J connectivity index is 1.59. The van der Waals surface area contributed by atoms with Crippen LogP contribution in [0.25, 0.3) is 0 Å². The molecule has 1 aromatic rings. The number of hydrogen-bond acceptors (Lipinski definition) is 6. The van der Waals surface area contributed by atoms with Crippen molar-refractivity contribution in [3.63, 3.8) is 0 Å². The Hall–Kier alpha value is -1.91. The minimum Gasteiger partial charge on any atom is -0.444 e. The Morgan fingerprint density at radius 1 is 1.27 bits per heavy atom. The smallest absolute Gasteiger partial charge is 0.310 e. The maximum atomic E-state index is 12.8. The lowest BCUT2D eigenvalue weighted by Crippen LogP contribution is -2.35. The normalized spacial score (nSPS) is 18.4. The molecule has 0 bridgehead atoms. The maximum Gasteiger partial charge on any atom is 0.310 e. The Morgan fingerprint density at radius 2 is 2.00 bits per heavy atom. The molecule has 0 aromatic heterocycles. The van der Waals surface area contributed by atoms with Gasteiger partial charge in [0.15, 0.2) is 11.9 Å². The van der Waals surface area contributed by atoms with Gasteiger partial charge in [-0.3, -0.25) is 14.4 Å². The molecule has 0 unspecified atom stereocenters. The molecule has 0 aliphatic carbocycles. The van der Waals surface area contributed by atoms with Gasteiger partial charge in [-0.2, -0.15) is 4.99 Å². The topological polar surface area (TPSA) is 100 Å². The molecule has 2 saturated heterocycles. The summed E-state index contributed by atoms with van der Waals surface area (Å²) in [6.45, 7) is 8.43. The van der Waals surface area contributed by atoms with Crippen molar-refractivity contribution in [3.8, 4) is 0 Å². The number of amides is 2. The summed E-state index contributed by atoms with van der Waals surface area (Å²) in [7, 11) is 0. The van der Waals surface area contributed by atoms with E-state index in [1.54, 1.807) is 18.2 Å². The number of carbonyl (C=O) groups excluding carboxylic acids is 3. The number of benzene rings is 1. The maximum absolute atomic E-state index is 12.8. The van der Waals surface area contributed by atoms with E-state index in [2.05, 4.69) is 31.6 Å². The van der Waals surface area contributed by atoms with Crippen molar-refractivity contribution < 1.29 is 19.1 Å². The number of thioether (sulfide) groups is 1. The third kappa shape index (κ3) is 7.82. The minimum atomic E-state index is -0.387. The first kappa shape index (κ1) is 25.7. The number of ether oxygens (including phenoxy) is 1. The van der Waals surface area contributed by atoms with Gasteiger partial charge in [-0.15, -0.1) is 0 Å². The summed E-state index contributed by atoms with van der Waals surface area (Å²) < 4.78 is 6.11. The quantitative estimate of drug-likeness (QED) is 0.530. The number of nitrogens with one attached hydrogen (secondary N) is 2. The SMILES string of the molecule is CC(C)(C)CC(=O)Nc1ccc(C(=O)N=C2SCCN2COC(=O)C2CCNCC2)cc1Br. The Bertz CT molecular complexity index is 926. The molecule has 10 heteroatoms. The van der Waals surface area contributed by atoms with Gasteiger partial charge >= 0.3 is 5.97 Å². The zero-order valence-corrected chi connectivity index (χ0v) is 21.7. The van der Waals surface area contributed by atoms with Crippen LogP contribution in [0.15, 0.2) is 27.7 Å². The number of nitrogens with zero attached hydrogens (tertiary/aromatic N) is 2. The number of amidine groups is 1. The van der Waals surface area contributed by atoms with Crippen molar-refractivity contribution >= 4 is 56.3 Å². The molecule has 1 aromatic carbocycles. The van der Waals surface area contributed by atoms with Crippen LogP contribution >= 0.6 is 27.7 Å². The number of anilines is 1. The van der Waals surface area contributed by atoms with Crippen LogP contribution in [0.3, 0.4) is 0 Å².